The number of rotatable bonds is 5. The molecule has 0 aromatic heterocycles. The normalized spacial score (nSPS) is 13.0. The lowest BCUT2D eigenvalue weighted by Gasteiger charge is -2.30. The number of halogens is 1. The Morgan fingerprint density at radius 2 is 1.76 bits per heavy atom. The van der Waals surface area contributed by atoms with Gasteiger partial charge >= 0.3 is 0 Å². The molecule has 0 saturated heterocycles. The van der Waals surface area contributed by atoms with Gasteiger partial charge in [-0.3, -0.25) is 0 Å². The van der Waals surface area contributed by atoms with Crippen LogP contribution in [0.3, 0.4) is 0 Å². The Kier molecular flexibility index (Phi) is 4.95. The first-order valence-electron chi connectivity index (χ1n) is 7.47. The molecule has 0 saturated carbocycles. The Morgan fingerprint density at radius 1 is 1.10 bits per heavy atom. The van der Waals surface area contributed by atoms with Gasteiger partial charge in [0.1, 0.15) is 0 Å². The SMILES string of the molecule is Cc1ccc(Cl)c(NC(C)CC(C)(C)c2ccccc2)c1. The Balaban J connectivity index is 2.07. The number of benzene rings is 2. The monoisotopic (exact) mass is 301 g/mol. The highest BCUT2D eigenvalue weighted by Crippen LogP contribution is 2.30. The Bertz CT molecular complexity index is 590. The first-order chi connectivity index (χ1) is 9.88. The molecule has 1 atom stereocenters. The predicted octanol–water partition coefficient (Wildman–Crippen LogP) is 5.82. The summed E-state index contributed by atoms with van der Waals surface area (Å²) in [5, 5.41) is 4.33. The molecule has 0 aliphatic rings. The highest BCUT2D eigenvalue weighted by Gasteiger charge is 2.23. The van der Waals surface area contributed by atoms with Gasteiger partial charge in [-0.15, -0.1) is 0 Å². The summed E-state index contributed by atoms with van der Waals surface area (Å²) in [6.45, 7) is 8.88. The first-order valence-corrected chi connectivity index (χ1v) is 7.84. The van der Waals surface area contributed by atoms with E-state index in [1.807, 2.05) is 12.1 Å². The van der Waals surface area contributed by atoms with Crippen molar-refractivity contribution < 1.29 is 0 Å². The summed E-state index contributed by atoms with van der Waals surface area (Å²) in [6, 6.07) is 17.1. The molecule has 0 aliphatic carbocycles. The first kappa shape index (κ1) is 15.9. The van der Waals surface area contributed by atoms with Gasteiger partial charge in [-0.05, 0) is 48.9 Å². The third-order valence-corrected chi connectivity index (χ3v) is 4.23. The highest BCUT2D eigenvalue weighted by molar-refractivity contribution is 6.33. The van der Waals surface area contributed by atoms with Crippen molar-refractivity contribution in [3.63, 3.8) is 0 Å². The van der Waals surface area contributed by atoms with Gasteiger partial charge in [-0.2, -0.15) is 0 Å². The zero-order valence-electron chi connectivity index (χ0n) is 13.3. The molecule has 112 valence electrons. The second-order valence-corrected chi connectivity index (χ2v) is 6.89. The van der Waals surface area contributed by atoms with Crippen LogP contribution in [0.4, 0.5) is 5.69 Å². The van der Waals surface area contributed by atoms with Crippen LogP contribution in [0.25, 0.3) is 0 Å². The van der Waals surface area contributed by atoms with Crippen molar-refractivity contribution in [2.45, 2.75) is 45.6 Å². The molecule has 2 rings (SSSR count). The van der Waals surface area contributed by atoms with E-state index in [1.165, 1.54) is 11.1 Å². The van der Waals surface area contributed by atoms with Crippen molar-refractivity contribution in [2.75, 3.05) is 5.32 Å². The summed E-state index contributed by atoms with van der Waals surface area (Å²) in [5.41, 5.74) is 3.74. The fraction of sp³-hybridized carbons (Fsp3) is 0.368. The van der Waals surface area contributed by atoms with Crippen LogP contribution in [0.15, 0.2) is 48.5 Å². The van der Waals surface area contributed by atoms with Gasteiger partial charge in [0.05, 0.1) is 10.7 Å². The molecular formula is C19H24ClN. The summed E-state index contributed by atoms with van der Waals surface area (Å²) in [4.78, 5) is 0. The van der Waals surface area contributed by atoms with Crippen LogP contribution in [-0.4, -0.2) is 6.04 Å². The van der Waals surface area contributed by atoms with E-state index in [1.54, 1.807) is 0 Å². The van der Waals surface area contributed by atoms with Gasteiger partial charge in [0.25, 0.3) is 0 Å². The zero-order valence-corrected chi connectivity index (χ0v) is 14.0. The summed E-state index contributed by atoms with van der Waals surface area (Å²) in [7, 11) is 0. The summed E-state index contributed by atoms with van der Waals surface area (Å²) >= 11 is 6.27. The summed E-state index contributed by atoms with van der Waals surface area (Å²) in [6.07, 6.45) is 1.04. The van der Waals surface area contributed by atoms with E-state index in [9.17, 15) is 0 Å². The molecule has 1 unspecified atom stereocenters. The molecule has 0 radical (unpaired) electrons. The van der Waals surface area contributed by atoms with Crippen LogP contribution in [0.1, 0.15) is 38.3 Å². The molecule has 0 aliphatic heterocycles. The van der Waals surface area contributed by atoms with Gasteiger partial charge in [0.15, 0.2) is 0 Å². The second kappa shape index (κ2) is 6.53. The highest BCUT2D eigenvalue weighted by atomic mass is 35.5. The second-order valence-electron chi connectivity index (χ2n) is 6.48. The lowest BCUT2D eigenvalue weighted by atomic mass is 9.79. The smallest absolute Gasteiger partial charge is 0.0637 e. The van der Waals surface area contributed by atoms with E-state index in [2.05, 4.69) is 69.4 Å². The van der Waals surface area contributed by atoms with E-state index < -0.39 is 0 Å². The molecule has 2 heteroatoms. The van der Waals surface area contributed by atoms with Crippen molar-refractivity contribution >= 4 is 17.3 Å². The fourth-order valence-electron chi connectivity index (χ4n) is 2.84. The molecule has 1 N–H and O–H groups in total. The van der Waals surface area contributed by atoms with Crippen molar-refractivity contribution in [3.05, 3.63) is 64.7 Å². The molecule has 0 amide bonds. The largest absolute Gasteiger partial charge is 0.381 e. The third kappa shape index (κ3) is 4.25. The summed E-state index contributed by atoms with van der Waals surface area (Å²) in [5.74, 6) is 0. The number of anilines is 1. The minimum Gasteiger partial charge on any atom is -0.381 e. The van der Waals surface area contributed by atoms with Gasteiger partial charge < -0.3 is 5.32 Å². The minimum atomic E-state index is 0.129. The van der Waals surface area contributed by atoms with Crippen molar-refractivity contribution in [1.29, 1.82) is 0 Å². The van der Waals surface area contributed by atoms with Crippen LogP contribution in [0.5, 0.6) is 0 Å². The number of aryl methyl sites for hydroxylation is 1. The van der Waals surface area contributed by atoms with Gasteiger partial charge in [-0.25, -0.2) is 0 Å². The van der Waals surface area contributed by atoms with Gasteiger partial charge in [0, 0.05) is 6.04 Å². The van der Waals surface area contributed by atoms with E-state index in [4.69, 9.17) is 11.6 Å². The quantitative estimate of drug-likeness (QED) is 0.734. The zero-order chi connectivity index (χ0) is 15.5. The van der Waals surface area contributed by atoms with E-state index in [0.29, 0.717) is 6.04 Å². The Hall–Kier alpha value is -1.47. The number of hydrogen-bond donors (Lipinski definition) is 1. The van der Waals surface area contributed by atoms with Crippen LogP contribution in [0, 0.1) is 6.92 Å². The molecule has 21 heavy (non-hydrogen) atoms. The lowest BCUT2D eigenvalue weighted by Crippen LogP contribution is -2.27. The standard InChI is InChI=1S/C19H24ClN/c1-14-10-11-17(20)18(12-14)21-15(2)13-19(3,4)16-8-6-5-7-9-16/h5-12,15,21H,13H2,1-4H3. The molecule has 0 spiro atoms. The Labute approximate surface area is 133 Å². The third-order valence-electron chi connectivity index (χ3n) is 3.90. The van der Waals surface area contributed by atoms with E-state index in [-0.39, 0.29) is 5.41 Å². The maximum atomic E-state index is 6.27. The molecular weight excluding hydrogens is 278 g/mol. The lowest BCUT2D eigenvalue weighted by molar-refractivity contribution is 0.450. The van der Waals surface area contributed by atoms with Crippen LogP contribution in [-0.2, 0) is 5.41 Å². The Morgan fingerprint density at radius 3 is 2.43 bits per heavy atom. The predicted molar refractivity (Wildman–Crippen MR) is 93.4 cm³/mol. The molecule has 2 aromatic carbocycles. The van der Waals surface area contributed by atoms with Crippen molar-refractivity contribution in [1.82, 2.24) is 0 Å². The average molecular weight is 302 g/mol. The fourth-order valence-corrected chi connectivity index (χ4v) is 3.01. The molecule has 0 fully saturated rings. The maximum absolute atomic E-state index is 6.27. The topological polar surface area (TPSA) is 12.0 Å². The van der Waals surface area contributed by atoms with Crippen molar-refractivity contribution in [3.8, 4) is 0 Å². The molecule has 2 aromatic rings. The van der Waals surface area contributed by atoms with Crippen LogP contribution in [0.2, 0.25) is 5.02 Å². The van der Waals surface area contributed by atoms with Crippen LogP contribution >= 0.6 is 11.6 Å². The molecule has 0 bridgehead atoms. The van der Waals surface area contributed by atoms with Crippen molar-refractivity contribution in [2.24, 2.45) is 0 Å². The minimum absolute atomic E-state index is 0.129. The van der Waals surface area contributed by atoms with E-state index >= 15 is 0 Å². The van der Waals surface area contributed by atoms with Gasteiger partial charge in [-0.1, -0.05) is 61.8 Å². The van der Waals surface area contributed by atoms with Crippen LogP contribution < -0.4 is 5.32 Å². The average Bonchev–Trinajstić information content (AvgIpc) is 2.43. The number of hydrogen-bond acceptors (Lipinski definition) is 1. The summed E-state index contributed by atoms with van der Waals surface area (Å²) < 4.78 is 0. The molecule has 0 heterocycles. The van der Waals surface area contributed by atoms with Gasteiger partial charge in [0.2, 0.25) is 0 Å². The molecule has 1 nitrogen and oxygen atoms in total. The maximum Gasteiger partial charge on any atom is 0.0637 e. The number of nitrogens with one attached hydrogen (secondary N) is 1. The van der Waals surface area contributed by atoms with E-state index in [0.717, 1.165) is 17.1 Å².